The Morgan fingerprint density at radius 2 is 1.95 bits per heavy atom. The van der Waals surface area contributed by atoms with Gasteiger partial charge in [0.25, 0.3) is 5.56 Å². The number of nitrogens with zero attached hydrogens (tertiary/aromatic N) is 2. The first-order valence-electron chi connectivity index (χ1n) is 6.39. The van der Waals surface area contributed by atoms with E-state index in [0.29, 0.717) is 17.7 Å². The number of aromatic carboxylic acids is 1. The molecule has 5 nitrogen and oxygen atoms in total. The molecule has 0 atom stereocenters. The average molecular weight is 272 g/mol. The summed E-state index contributed by atoms with van der Waals surface area (Å²) in [5.41, 5.74) is 0.230. The zero-order valence-corrected chi connectivity index (χ0v) is 11.4. The Hall–Kier alpha value is -2.43. The summed E-state index contributed by atoms with van der Waals surface area (Å²) in [6.45, 7) is 4.29. The summed E-state index contributed by atoms with van der Waals surface area (Å²) in [4.78, 5) is 23.7. The maximum Gasteiger partial charge on any atom is 0.342 e. The molecule has 0 aliphatic carbocycles. The highest BCUT2D eigenvalue weighted by atomic mass is 16.4. The van der Waals surface area contributed by atoms with E-state index in [1.54, 1.807) is 24.3 Å². The minimum absolute atomic E-state index is 0.212. The van der Waals surface area contributed by atoms with Crippen molar-refractivity contribution >= 4 is 5.97 Å². The third kappa shape index (κ3) is 2.77. The lowest BCUT2D eigenvalue weighted by Gasteiger charge is -2.11. The molecule has 1 aromatic carbocycles. The Balaban J connectivity index is 2.63. The second-order valence-electron chi connectivity index (χ2n) is 4.99. The lowest BCUT2D eigenvalue weighted by Crippen LogP contribution is -2.30. The monoisotopic (exact) mass is 272 g/mol. The predicted octanol–water partition coefficient (Wildman–Crippen LogP) is 2.26. The molecule has 1 aromatic heterocycles. The number of benzene rings is 1. The van der Waals surface area contributed by atoms with E-state index in [-0.39, 0.29) is 11.5 Å². The average Bonchev–Trinajstić information content (AvgIpc) is 2.41. The molecule has 2 rings (SSSR count). The van der Waals surface area contributed by atoms with Crippen molar-refractivity contribution < 1.29 is 9.90 Å². The smallest absolute Gasteiger partial charge is 0.342 e. The van der Waals surface area contributed by atoms with Crippen LogP contribution in [0, 0.1) is 5.92 Å². The van der Waals surface area contributed by atoms with Crippen LogP contribution >= 0.6 is 0 Å². The SMILES string of the molecule is CC(C)Cn1ncc(-c2ccccc2)c(C(=O)O)c1=O. The van der Waals surface area contributed by atoms with Gasteiger partial charge in [-0.05, 0) is 11.5 Å². The summed E-state index contributed by atoms with van der Waals surface area (Å²) < 4.78 is 1.21. The van der Waals surface area contributed by atoms with Crippen LogP contribution in [0.3, 0.4) is 0 Å². The number of hydrogen-bond acceptors (Lipinski definition) is 3. The first-order valence-corrected chi connectivity index (χ1v) is 6.39. The molecule has 104 valence electrons. The van der Waals surface area contributed by atoms with Crippen LogP contribution in [0.1, 0.15) is 24.2 Å². The van der Waals surface area contributed by atoms with Gasteiger partial charge in [0.15, 0.2) is 0 Å². The van der Waals surface area contributed by atoms with Crippen molar-refractivity contribution in [1.82, 2.24) is 9.78 Å². The van der Waals surface area contributed by atoms with Gasteiger partial charge in [0.1, 0.15) is 5.56 Å². The van der Waals surface area contributed by atoms with Crippen LogP contribution in [-0.4, -0.2) is 20.9 Å². The molecule has 0 saturated heterocycles. The summed E-state index contributed by atoms with van der Waals surface area (Å²) in [5, 5.41) is 13.4. The van der Waals surface area contributed by atoms with Gasteiger partial charge in [0.2, 0.25) is 0 Å². The summed E-state index contributed by atoms with van der Waals surface area (Å²) in [6.07, 6.45) is 1.45. The molecule has 0 aliphatic heterocycles. The minimum Gasteiger partial charge on any atom is -0.477 e. The van der Waals surface area contributed by atoms with E-state index < -0.39 is 11.5 Å². The fraction of sp³-hybridized carbons (Fsp3) is 0.267. The Morgan fingerprint density at radius 1 is 1.30 bits per heavy atom. The van der Waals surface area contributed by atoms with Crippen molar-refractivity contribution in [3.8, 4) is 11.1 Å². The van der Waals surface area contributed by atoms with Gasteiger partial charge < -0.3 is 5.11 Å². The molecule has 2 aromatic rings. The zero-order chi connectivity index (χ0) is 14.7. The lowest BCUT2D eigenvalue weighted by atomic mass is 10.0. The number of rotatable bonds is 4. The summed E-state index contributed by atoms with van der Waals surface area (Å²) in [7, 11) is 0. The number of aromatic nitrogens is 2. The molecule has 0 aliphatic rings. The van der Waals surface area contributed by atoms with E-state index in [9.17, 15) is 14.7 Å². The van der Waals surface area contributed by atoms with Crippen molar-refractivity contribution in [2.45, 2.75) is 20.4 Å². The Morgan fingerprint density at radius 3 is 2.50 bits per heavy atom. The standard InChI is InChI=1S/C15H16N2O3/c1-10(2)9-17-14(18)13(15(19)20)12(8-16-17)11-6-4-3-5-7-11/h3-8,10H,9H2,1-2H3,(H,19,20). The second-order valence-corrected chi connectivity index (χ2v) is 4.99. The second kappa shape index (κ2) is 5.69. The van der Waals surface area contributed by atoms with Gasteiger partial charge in [-0.3, -0.25) is 4.79 Å². The minimum atomic E-state index is -1.23. The van der Waals surface area contributed by atoms with Crippen molar-refractivity contribution in [2.24, 2.45) is 5.92 Å². The first-order chi connectivity index (χ1) is 9.50. The molecule has 0 saturated carbocycles. The fourth-order valence-corrected chi connectivity index (χ4v) is 2.01. The molecule has 0 unspecified atom stereocenters. The Kier molecular flexibility index (Phi) is 3.98. The molecule has 0 radical (unpaired) electrons. The van der Waals surface area contributed by atoms with Crippen LogP contribution in [0.25, 0.3) is 11.1 Å². The summed E-state index contributed by atoms with van der Waals surface area (Å²) in [5.74, 6) is -1.02. The molecule has 0 fully saturated rings. The van der Waals surface area contributed by atoms with E-state index in [2.05, 4.69) is 5.10 Å². The number of carbonyl (C=O) groups is 1. The van der Waals surface area contributed by atoms with Crippen LogP contribution in [-0.2, 0) is 6.54 Å². The maximum absolute atomic E-state index is 12.3. The molecule has 1 heterocycles. The molecule has 0 amide bonds. The topological polar surface area (TPSA) is 72.2 Å². The largest absolute Gasteiger partial charge is 0.477 e. The van der Waals surface area contributed by atoms with Crippen molar-refractivity contribution in [1.29, 1.82) is 0 Å². The zero-order valence-electron chi connectivity index (χ0n) is 11.4. The fourth-order valence-electron chi connectivity index (χ4n) is 2.01. The highest BCUT2D eigenvalue weighted by Crippen LogP contribution is 2.20. The van der Waals surface area contributed by atoms with E-state index in [4.69, 9.17) is 0 Å². The summed E-state index contributed by atoms with van der Waals surface area (Å²) >= 11 is 0. The van der Waals surface area contributed by atoms with E-state index in [1.165, 1.54) is 10.9 Å². The van der Waals surface area contributed by atoms with Crippen LogP contribution in [0.5, 0.6) is 0 Å². The van der Waals surface area contributed by atoms with Crippen LogP contribution in [0.15, 0.2) is 41.3 Å². The van der Waals surface area contributed by atoms with Crippen molar-refractivity contribution in [3.05, 3.63) is 52.4 Å². The van der Waals surface area contributed by atoms with Crippen LogP contribution < -0.4 is 5.56 Å². The Labute approximate surface area is 116 Å². The molecule has 1 N–H and O–H groups in total. The van der Waals surface area contributed by atoms with Gasteiger partial charge in [-0.2, -0.15) is 5.10 Å². The van der Waals surface area contributed by atoms with Crippen LogP contribution in [0.4, 0.5) is 0 Å². The molecule has 0 spiro atoms. The highest BCUT2D eigenvalue weighted by molar-refractivity contribution is 5.95. The van der Waals surface area contributed by atoms with Gasteiger partial charge in [0, 0.05) is 12.1 Å². The lowest BCUT2D eigenvalue weighted by molar-refractivity contribution is 0.0694. The Bertz CT molecular complexity index is 675. The molecule has 20 heavy (non-hydrogen) atoms. The normalized spacial score (nSPS) is 10.8. The third-order valence-corrected chi connectivity index (χ3v) is 2.88. The molecular weight excluding hydrogens is 256 g/mol. The van der Waals surface area contributed by atoms with Gasteiger partial charge in [-0.1, -0.05) is 44.2 Å². The van der Waals surface area contributed by atoms with Crippen molar-refractivity contribution in [3.63, 3.8) is 0 Å². The van der Waals surface area contributed by atoms with Crippen LogP contribution in [0.2, 0.25) is 0 Å². The molecule has 5 heteroatoms. The summed E-state index contributed by atoms with van der Waals surface area (Å²) in [6, 6.07) is 8.93. The van der Waals surface area contributed by atoms with E-state index in [1.807, 2.05) is 19.9 Å². The number of hydrogen-bond donors (Lipinski definition) is 1. The van der Waals surface area contributed by atoms with E-state index in [0.717, 1.165) is 0 Å². The molecular formula is C15H16N2O3. The van der Waals surface area contributed by atoms with Gasteiger partial charge in [-0.25, -0.2) is 9.48 Å². The first kappa shape index (κ1) is 14.0. The van der Waals surface area contributed by atoms with Gasteiger partial charge in [-0.15, -0.1) is 0 Å². The molecule has 0 bridgehead atoms. The predicted molar refractivity (Wildman–Crippen MR) is 75.7 cm³/mol. The van der Waals surface area contributed by atoms with E-state index >= 15 is 0 Å². The third-order valence-electron chi connectivity index (χ3n) is 2.88. The van der Waals surface area contributed by atoms with Gasteiger partial charge >= 0.3 is 5.97 Å². The van der Waals surface area contributed by atoms with Crippen molar-refractivity contribution in [2.75, 3.05) is 0 Å². The highest BCUT2D eigenvalue weighted by Gasteiger charge is 2.19. The quantitative estimate of drug-likeness (QED) is 0.926. The number of carboxylic acids is 1. The number of carboxylic acid groups (broad SMARTS) is 1. The van der Waals surface area contributed by atoms with Gasteiger partial charge in [0.05, 0.1) is 6.20 Å². The maximum atomic E-state index is 12.3.